The van der Waals surface area contributed by atoms with Crippen molar-refractivity contribution in [2.75, 3.05) is 0 Å². The lowest BCUT2D eigenvalue weighted by Gasteiger charge is -2.20. The van der Waals surface area contributed by atoms with Crippen molar-refractivity contribution in [3.63, 3.8) is 0 Å². The highest BCUT2D eigenvalue weighted by molar-refractivity contribution is 14.1. The molecule has 0 aromatic carbocycles. The van der Waals surface area contributed by atoms with Gasteiger partial charge in [0.2, 0.25) is 0 Å². The first-order chi connectivity index (χ1) is 5.43. The van der Waals surface area contributed by atoms with Gasteiger partial charge in [-0.05, 0) is 46.1 Å². The number of aromatic nitrogens is 1. The van der Waals surface area contributed by atoms with E-state index in [-0.39, 0.29) is 5.41 Å². The first-order valence-electron chi connectivity index (χ1n) is 4.03. The maximum Gasteiger partial charge on any atom is 0.0316 e. The van der Waals surface area contributed by atoms with E-state index in [0.29, 0.717) is 0 Å². The van der Waals surface area contributed by atoms with Crippen molar-refractivity contribution in [3.05, 3.63) is 27.1 Å². The average molecular weight is 275 g/mol. The second kappa shape index (κ2) is 3.32. The van der Waals surface area contributed by atoms with Gasteiger partial charge in [-0.2, -0.15) is 0 Å². The van der Waals surface area contributed by atoms with Crippen molar-refractivity contribution in [2.45, 2.75) is 33.1 Å². The molecule has 0 spiro atoms. The van der Waals surface area contributed by atoms with Gasteiger partial charge < -0.3 is 0 Å². The number of halogens is 1. The summed E-state index contributed by atoms with van der Waals surface area (Å²) in [6, 6.07) is 0. The van der Waals surface area contributed by atoms with Gasteiger partial charge in [-0.3, -0.25) is 4.98 Å². The third kappa shape index (κ3) is 1.97. The maximum atomic E-state index is 4.21. The van der Waals surface area contributed by atoms with E-state index in [1.807, 2.05) is 12.4 Å². The SMILES string of the molecule is Cc1cncc(C(C)(C)C)c1I. The fraction of sp³-hybridized carbons (Fsp3) is 0.500. The second-order valence-electron chi connectivity index (χ2n) is 4.07. The minimum Gasteiger partial charge on any atom is -0.264 e. The van der Waals surface area contributed by atoms with Gasteiger partial charge in [-0.15, -0.1) is 0 Å². The minimum absolute atomic E-state index is 0.204. The van der Waals surface area contributed by atoms with Crippen molar-refractivity contribution in [3.8, 4) is 0 Å². The standard InChI is InChI=1S/C10H14IN/c1-7-5-12-6-8(9(7)11)10(2,3)4/h5-6H,1-4H3. The maximum absolute atomic E-state index is 4.21. The highest BCUT2D eigenvalue weighted by atomic mass is 127. The Labute approximate surface area is 87.7 Å². The summed E-state index contributed by atoms with van der Waals surface area (Å²) >= 11 is 2.39. The number of aryl methyl sites for hydroxylation is 1. The fourth-order valence-corrected chi connectivity index (χ4v) is 2.16. The van der Waals surface area contributed by atoms with Crippen LogP contribution in [0.3, 0.4) is 0 Å². The summed E-state index contributed by atoms with van der Waals surface area (Å²) < 4.78 is 1.34. The lowest BCUT2D eigenvalue weighted by Crippen LogP contribution is -2.14. The largest absolute Gasteiger partial charge is 0.264 e. The molecule has 0 atom stereocenters. The Bertz CT molecular complexity index is 286. The van der Waals surface area contributed by atoms with Crippen LogP contribution in [0.4, 0.5) is 0 Å². The molecule has 0 bridgehead atoms. The Balaban J connectivity index is 3.26. The van der Waals surface area contributed by atoms with E-state index in [9.17, 15) is 0 Å². The minimum atomic E-state index is 0.204. The van der Waals surface area contributed by atoms with Gasteiger partial charge >= 0.3 is 0 Å². The number of rotatable bonds is 0. The van der Waals surface area contributed by atoms with Crippen LogP contribution in [0.25, 0.3) is 0 Å². The molecule has 0 fully saturated rings. The molecule has 1 aromatic heterocycles. The van der Waals surface area contributed by atoms with E-state index in [1.54, 1.807) is 0 Å². The molecule has 66 valence electrons. The van der Waals surface area contributed by atoms with Crippen LogP contribution in [0, 0.1) is 10.5 Å². The summed E-state index contributed by atoms with van der Waals surface area (Å²) in [4.78, 5) is 4.21. The number of nitrogens with zero attached hydrogens (tertiary/aromatic N) is 1. The topological polar surface area (TPSA) is 12.9 Å². The Hall–Kier alpha value is -0.120. The first-order valence-corrected chi connectivity index (χ1v) is 5.11. The zero-order valence-corrected chi connectivity index (χ0v) is 10.1. The van der Waals surface area contributed by atoms with Crippen LogP contribution in [0.15, 0.2) is 12.4 Å². The summed E-state index contributed by atoms with van der Waals surface area (Å²) in [5.74, 6) is 0. The lowest BCUT2D eigenvalue weighted by atomic mass is 9.88. The molecule has 0 saturated carbocycles. The molecule has 12 heavy (non-hydrogen) atoms. The summed E-state index contributed by atoms with van der Waals surface area (Å²) in [6.07, 6.45) is 3.88. The van der Waals surface area contributed by atoms with Crippen LogP contribution in [0.1, 0.15) is 31.9 Å². The predicted octanol–water partition coefficient (Wildman–Crippen LogP) is 3.29. The van der Waals surface area contributed by atoms with Gasteiger partial charge in [0, 0.05) is 16.0 Å². The molecular formula is C10H14IN. The zero-order valence-electron chi connectivity index (χ0n) is 7.98. The van der Waals surface area contributed by atoms with Crippen molar-refractivity contribution in [1.29, 1.82) is 0 Å². The predicted molar refractivity (Wildman–Crippen MR) is 60.4 cm³/mol. The van der Waals surface area contributed by atoms with Gasteiger partial charge in [0.25, 0.3) is 0 Å². The zero-order chi connectivity index (χ0) is 9.35. The molecule has 0 saturated heterocycles. The monoisotopic (exact) mass is 275 g/mol. The number of hydrogen-bond acceptors (Lipinski definition) is 1. The van der Waals surface area contributed by atoms with Crippen LogP contribution >= 0.6 is 22.6 Å². The van der Waals surface area contributed by atoms with Crippen LogP contribution in [-0.2, 0) is 5.41 Å². The van der Waals surface area contributed by atoms with E-state index in [0.717, 1.165) is 0 Å². The quantitative estimate of drug-likeness (QED) is 0.662. The molecule has 1 nitrogen and oxygen atoms in total. The Morgan fingerprint density at radius 3 is 2.25 bits per heavy atom. The molecule has 0 aliphatic heterocycles. The van der Waals surface area contributed by atoms with Crippen molar-refractivity contribution in [1.82, 2.24) is 4.98 Å². The van der Waals surface area contributed by atoms with Crippen LogP contribution in [0.2, 0.25) is 0 Å². The van der Waals surface area contributed by atoms with Crippen molar-refractivity contribution < 1.29 is 0 Å². The summed E-state index contributed by atoms with van der Waals surface area (Å²) in [7, 11) is 0. The molecule has 0 aliphatic carbocycles. The molecule has 1 aromatic rings. The number of hydrogen-bond donors (Lipinski definition) is 0. The molecule has 0 N–H and O–H groups in total. The summed E-state index contributed by atoms with van der Waals surface area (Å²) in [5, 5.41) is 0. The Morgan fingerprint density at radius 1 is 1.25 bits per heavy atom. The van der Waals surface area contributed by atoms with Crippen molar-refractivity contribution >= 4 is 22.6 Å². The van der Waals surface area contributed by atoms with Crippen molar-refractivity contribution in [2.24, 2.45) is 0 Å². The smallest absolute Gasteiger partial charge is 0.0316 e. The van der Waals surface area contributed by atoms with E-state index >= 15 is 0 Å². The Morgan fingerprint density at radius 2 is 1.83 bits per heavy atom. The Kier molecular flexibility index (Phi) is 2.76. The van der Waals surface area contributed by atoms with Gasteiger partial charge in [-0.1, -0.05) is 20.8 Å². The third-order valence-electron chi connectivity index (χ3n) is 1.86. The molecule has 1 rings (SSSR count). The molecule has 1 heterocycles. The molecule has 0 aliphatic rings. The number of pyridine rings is 1. The van der Waals surface area contributed by atoms with Crippen LogP contribution in [0.5, 0.6) is 0 Å². The highest BCUT2D eigenvalue weighted by Gasteiger charge is 2.17. The summed E-state index contributed by atoms with van der Waals surface area (Å²) in [6.45, 7) is 8.74. The molecule has 0 radical (unpaired) electrons. The first kappa shape index (κ1) is 9.96. The van der Waals surface area contributed by atoms with Gasteiger partial charge in [-0.25, -0.2) is 0 Å². The highest BCUT2D eigenvalue weighted by Crippen LogP contribution is 2.27. The van der Waals surface area contributed by atoms with Gasteiger partial charge in [0.1, 0.15) is 0 Å². The second-order valence-corrected chi connectivity index (χ2v) is 5.15. The van der Waals surface area contributed by atoms with E-state index in [4.69, 9.17) is 0 Å². The van der Waals surface area contributed by atoms with Crippen LogP contribution in [-0.4, -0.2) is 4.98 Å². The third-order valence-corrected chi connectivity index (χ3v) is 3.29. The van der Waals surface area contributed by atoms with E-state index in [2.05, 4.69) is 55.3 Å². The average Bonchev–Trinajstić information content (AvgIpc) is 1.92. The fourth-order valence-electron chi connectivity index (χ4n) is 1.07. The van der Waals surface area contributed by atoms with E-state index < -0.39 is 0 Å². The van der Waals surface area contributed by atoms with Crippen LogP contribution < -0.4 is 0 Å². The lowest BCUT2D eigenvalue weighted by molar-refractivity contribution is 0.583. The van der Waals surface area contributed by atoms with Gasteiger partial charge in [0.05, 0.1) is 0 Å². The summed E-state index contributed by atoms with van der Waals surface area (Å²) in [5.41, 5.74) is 2.81. The molecule has 0 unspecified atom stereocenters. The molecule has 2 heteroatoms. The van der Waals surface area contributed by atoms with Gasteiger partial charge in [0.15, 0.2) is 0 Å². The molecular weight excluding hydrogens is 261 g/mol. The molecule has 0 amide bonds. The van der Waals surface area contributed by atoms with E-state index in [1.165, 1.54) is 14.7 Å². The normalized spacial score (nSPS) is 11.8.